The molecule has 8 aromatic carbocycles. The fourth-order valence-corrected chi connectivity index (χ4v) is 11.6. The van der Waals surface area contributed by atoms with Gasteiger partial charge < -0.3 is 14.0 Å². The highest BCUT2D eigenvalue weighted by atomic mass is 32.2. The van der Waals surface area contributed by atoms with Gasteiger partial charge in [0, 0.05) is 71.4 Å². The summed E-state index contributed by atoms with van der Waals surface area (Å²) >= 11 is 1.99. The van der Waals surface area contributed by atoms with Gasteiger partial charge in [0.2, 0.25) is 0 Å². The summed E-state index contributed by atoms with van der Waals surface area (Å²) in [6.07, 6.45) is 11.1. The third-order valence-corrected chi connectivity index (χ3v) is 14.3. The molecule has 4 heterocycles. The van der Waals surface area contributed by atoms with Crippen molar-refractivity contribution in [3.63, 3.8) is 0 Å². The minimum Gasteiger partial charge on any atom is -0.310 e. The van der Waals surface area contributed by atoms with E-state index in [-0.39, 0.29) is 0 Å². The molecule has 11 aromatic rings. The van der Waals surface area contributed by atoms with Gasteiger partial charge in [-0.05, 0) is 102 Å². The van der Waals surface area contributed by atoms with Gasteiger partial charge in [-0.3, -0.25) is 4.98 Å². The number of hydrogen-bond acceptors (Lipinski definition) is 3. The Hall–Kier alpha value is -7.60. The molecule has 1 aliphatic heterocycles. The van der Waals surface area contributed by atoms with Crippen molar-refractivity contribution in [3.05, 3.63) is 224 Å². The fraction of sp³-hybridized carbons (Fsp3) is 0.0351. The van der Waals surface area contributed by atoms with Crippen LogP contribution in [-0.2, 0) is 0 Å². The Morgan fingerprint density at radius 3 is 1.85 bits per heavy atom. The average molecular weight is 811 g/mol. The number of anilines is 3. The van der Waals surface area contributed by atoms with Crippen molar-refractivity contribution < 1.29 is 0 Å². The molecule has 0 saturated heterocycles. The standard InChI is InChI=1S/C57H38N4S/c1-3-14-38(15-4-1)60-51-24-11-8-18-44(51)48-34-41(30-32-52(48)60)59(40-28-26-37(27-29-40)43-21-13-22-46-45-19-9-12-25-55(45)62-57(43)46)42-31-33-53-49(35-42)56-47-20-7-10-23-50(47)58-36-54(56)61(53)39-16-5-2-6-17-39/h1-36,45,55H. The summed E-state index contributed by atoms with van der Waals surface area (Å²) < 4.78 is 4.74. The number of nitrogens with zero attached hydrogens (tertiary/aromatic N) is 4. The lowest BCUT2D eigenvalue weighted by Crippen LogP contribution is -2.10. The second-order valence-corrected chi connectivity index (χ2v) is 17.5. The summed E-state index contributed by atoms with van der Waals surface area (Å²) in [7, 11) is 0. The molecule has 4 nitrogen and oxygen atoms in total. The molecule has 2 atom stereocenters. The van der Waals surface area contributed by atoms with Crippen LogP contribution in [0.2, 0.25) is 0 Å². The quantitative estimate of drug-likeness (QED) is 0.167. The number of aromatic nitrogens is 3. The van der Waals surface area contributed by atoms with Gasteiger partial charge in [0.25, 0.3) is 0 Å². The summed E-state index contributed by atoms with van der Waals surface area (Å²) in [4.78, 5) is 8.78. The van der Waals surface area contributed by atoms with Gasteiger partial charge in [0.1, 0.15) is 0 Å². The highest BCUT2D eigenvalue weighted by Crippen LogP contribution is 2.52. The molecule has 2 aliphatic rings. The zero-order valence-electron chi connectivity index (χ0n) is 33.6. The van der Waals surface area contributed by atoms with E-state index in [4.69, 9.17) is 4.98 Å². The summed E-state index contributed by atoms with van der Waals surface area (Å²) in [6, 6.07) is 68.6. The van der Waals surface area contributed by atoms with Crippen LogP contribution in [0.15, 0.2) is 223 Å². The molecule has 62 heavy (non-hydrogen) atoms. The Kier molecular flexibility index (Phi) is 7.94. The molecule has 0 radical (unpaired) electrons. The molecule has 3 aromatic heterocycles. The summed E-state index contributed by atoms with van der Waals surface area (Å²) in [5.41, 5.74) is 15.1. The van der Waals surface area contributed by atoms with Crippen LogP contribution in [-0.4, -0.2) is 19.4 Å². The van der Waals surface area contributed by atoms with Gasteiger partial charge in [0.15, 0.2) is 0 Å². The van der Waals surface area contributed by atoms with Crippen LogP contribution in [0.4, 0.5) is 17.1 Å². The van der Waals surface area contributed by atoms with E-state index in [0.29, 0.717) is 11.2 Å². The minimum atomic E-state index is 0.424. The van der Waals surface area contributed by atoms with E-state index in [1.807, 2.05) is 18.0 Å². The Bertz CT molecular complexity index is 3620. The normalized spacial score (nSPS) is 15.5. The topological polar surface area (TPSA) is 26.0 Å². The first-order valence-electron chi connectivity index (χ1n) is 21.3. The number of para-hydroxylation sites is 4. The van der Waals surface area contributed by atoms with Crippen LogP contribution in [0.25, 0.3) is 77.0 Å². The lowest BCUT2D eigenvalue weighted by Gasteiger charge is -2.26. The second kappa shape index (κ2) is 14.0. The number of hydrogen-bond donors (Lipinski definition) is 0. The largest absolute Gasteiger partial charge is 0.310 e. The molecule has 0 fully saturated rings. The second-order valence-electron chi connectivity index (χ2n) is 16.3. The number of fused-ring (bicyclic) bond motifs is 11. The Morgan fingerprint density at radius 2 is 1.08 bits per heavy atom. The van der Waals surface area contributed by atoms with Gasteiger partial charge in [0.05, 0.1) is 33.8 Å². The highest BCUT2D eigenvalue weighted by molar-refractivity contribution is 8.00. The first kappa shape index (κ1) is 35.2. The van der Waals surface area contributed by atoms with Crippen LogP contribution >= 0.6 is 11.8 Å². The maximum Gasteiger partial charge on any atom is 0.0730 e. The number of thioether (sulfide) groups is 1. The first-order chi connectivity index (χ1) is 30.8. The zero-order chi connectivity index (χ0) is 40.7. The van der Waals surface area contributed by atoms with E-state index in [2.05, 4.69) is 226 Å². The van der Waals surface area contributed by atoms with E-state index in [1.54, 1.807) is 0 Å². The first-order valence-corrected chi connectivity index (χ1v) is 22.2. The lowest BCUT2D eigenvalue weighted by atomic mass is 9.90. The Labute approximate surface area is 363 Å². The van der Waals surface area contributed by atoms with Gasteiger partial charge >= 0.3 is 0 Å². The van der Waals surface area contributed by atoms with E-state index in [9.17, 15) is 0 Å². The van der Waals surface area contributed by atoms with Gasteiger partial charge in [-0.15, -0.1) is 11.8 Å². The molecule has 0 amide bonds. The monoisotopic (exact) mass is 810 g/mol. The molecule has 292 valence electrons. The highest BCUT2D eigenvalue weighted by Gasteiger charge is 2.32. The zero-order valence-corrected chi connectivity index (χ0v) is 34.5. The maximum atomic E-state index is 4.96. The van der Waals surface area contributed by atoms with Crippen molar-refractivity contribution in [2.24, 2.45) is 0 Å². The Balaban J connectivity index is 1.03. The van der Waals surface area contributed by atoms with Gasteiger partial charge in [-0.25, -0.2) is 0 Å². The van der Waals surface area contributed by atoms with Crippen LogP contribution in [0.5, 0.6) is 0 Å². The van der Waals surface area contributed by atoms with E-state index < -0.39 is 0 Å². The maximum absolute atomic E-state index is 4.96. The molecule has 0 spiro atoms. The van der Waals surface area contributed by atoms with Gasteiger partial charge in [-0.2, -0.15) is 0 Å². The van der Waals surface area contributed by atoms with E-state index in [0.717, 1.165) is 50.4 Å². The lowest BCUT2D eigenvalue weighted by molar-refractivity contribution is 0.881. The fourth-order valence-electron chi connectivity index (χ4n) is 10.1. The predicted octanol–water partition coefficient (Wildman–Crippen LogP) is 15.2. The average Bonchev–Trinajstić information content (AvgIpc) is 4.00. The molecule has 0 bridgehead atoms. The van der Waals surface area contributed by atoms with Crippen molar-refractivity contribution in [2.75, 3.05) is 4.90 Å². The predicted molar refractivity (Wildman–Crippen MR) is 261 cm³/mol. The molecule has 1 aliphatic carbocycles. The van der Waals surface area contributed by atoms with Crippen LogP contribution in [0.3, 0.4) is 0 Å². The molecule has 5 heteroatoms. The van der Waals surface area contributed by atoms with Crippen molar-refractivity contribution >= 4 is 83.3 Å². The third kappa shape index (κ3) is 5.38. The number of benzene rings is 8. The van der Waals surface area contributed by atoms with Crippen molar-refractivity contribution in [3.8, 4) is 22.5 Å². The van der Waals surface area contributed by atoms with Crippen LogP contribution < -0.4 is 4.90 Å². The number of allylic oxidation sites excluding steroid dienone is 3. The smallest absolute Gasteiger partial charge is 0.0730 e. The van der Waals surface area contributed by atoms with Crippen molar-refractivity contribution in [1.29, 1.82) is 0 Å². The van der Waals surface area contributed by atoms with Crippen LogP contribution in [0.1, 0.15) is 11.5 Å². The molecular formula is C57H38N4S. The summed E-state index contributed by atoms with van der Waals surface area (Å²) in [6.45, 7) is 0. The molecule has 0 saturated carbocycles. The van der Waals surface area contributed by atoms with Crippen molar-refractivity contribution in [1.82, 2.24) is 14.1 Å². The summed E-state index contributed by atoms with van der Waals surface area (Å²) in [5, 5.41) is 6.42. The van der Waals surface area contributed by atoms with Crippen molar-refractivity contribution in [2.45, 2.75) is 16.1 Å². The molecule has 0 N–H and O–H groups in total. The third-order valence-electron chi connectivity index (χ3n) is 12.9. The number of rotatable bonds is 6. The molecule has 13 rings (SSSR count). The van der Waals surface area contributed by atoms with E-state index >= 15 is 0 Å². The van der Waals surface area contributed by atoms with Gasteiger partial charge in [-0.1, -0.05) is 127 Å². The van der Waals surface area contributed by atoms with E-state index in [1.165, 1.54) is 54.2 Å². The summed E-state index contributed by atoms with van der Waals surface area (Å²) in [5.74, 6) is 0.424. The number of pyridine rings is 1. The molecular weight excluding hydrogens is 773 g/mol. The Morgan fingerprint density at radius 1 is 0.468 bits per heavy atom. The SMILES string of the molecule is C1=CC2Sc3c(-c4ccc(N(c5ccc6c(c5)c5ccccc5n6-c5ccccc5)c5ccc6c(c5)c5c7ccccc7ncc5n6-c5ccccc5)cc4)cccc3C2C=C1. The molecule has 2 unspecified atom stereocenters. The minimum absolute atomic E-state index is 0.424. The van der Waals surface area contributed by atoms with Crippen LogP contribution in [0, 0.1) is 0 Å².